The molecule has 6 nitrogen and oxygen atoms in total. The lowest BCUT2D eigenvalue weighted by molar-refractivity contribution is -0.386. The molecular weight excluding hydrogens is 353 g/mol. The molecular formula is C17H19F3N2O4. The van der Waals surface area contributed by atoms with Crippen LogP contribution in [0.2, 0.25) is 0 Å². The number of nitro groups is 1. The van der Waals surface area contributed by atoms with Crippen LogP contribution in [0, 0.1) is 15.5 Å². The van der Waals surface area contributed by atoms with Gasteiger partial charge < -0.3 is 10.0 Å². The second kappa shape index (κ2) is 5.34. The fourth-order valence-electron chi connectivity index (χ4n) is 4.52. The molecule has 1 aliphatic carbocycles. The molecule has 26 heavy (non-hydrogen) atoms. The van der Waals surface area contributed by atoms with Gasteiger partial charge in [-0.05, 0) is 23.8 Å². The van der Waals surface area contributed by atoms with E-state index in [-0.39, 0.29) is 24.9 Å². The highest BCUT2D eigenvalue weighted by Crippen LogP contribution is 2.58. The summed E-state index contributed by atoms with van der Waals surface area (Å²) in [4.78, 5) is 23.1. The van der Waals surface area contributed by atoms with Crippen molar-refractivity contribution >= 4 is 11.6 Å². The Balaban J connectivity index is 2.18. The quantitative estimate of drug-likeness (QED) is 0.606. The minimum Gasteiger partial charge on any atom is -0.502 e. The number of benzene rings is 1. The number of likely N-dealkylation sites (tertiary alicyclic amines) is 1. The van der Waals surface area contributed by atoms with Crippen LogP contribution in [0.25, 0.3) is 0 Å². The Bertz CT molecular complexity index is 806. The van der Waals surface area contributed by atoms with Gasteiger partial charge in [0.05, 0.1) is 4.92 Å². The van der Waals surface area contributed by atoms with Crippen molar-refractivity contribution in [1.82, 2.24) is 4.90 Å². The highest BCUT2D eigenvalue weighted by molar-refractivity contribution is 5.82. The summed E-state index contributed by atoms with van der Waals surface area (Å²) in [7, 11) is 0. The second-order valence-corrected chi connectivity index (χ2v) is 7.74. The monoisotopic (exact) mass is 372 g/mol. The van der Waals surface area contributed by atoms with Gasteiger partial charge in [-0.3, -0.25) is 14.9 Å². The van der Waals surface area contributed by atoms with Gasteiger partial charge in [-0.1, -0.05) is 26.8 Å². The average Bonchev–Trinajstić information content (AvgIpc) is 2.49. The number of amides is 1. The van der Waals surface area contributed by atoms with Gasteiger partial charge in [0, 0.05) is 29.6 Å². The Hall–Kier alpha value is -2.32. The topological polar surface area (TPSA) is 83.7 Å². The van der Waals surface area contributed by atoms with E-state index in [4.69, 9.17) is 0 Å². The van der Waals surface area contributed by atoms with Gasteiger partial charge in [0.25, 0.3) is 0 Å². The number of carbonyl (C=O) groups is 1. The van der Waals surface area contributed by atoms with Crippen LogP contribution in [0.4, 0.5) is 18.9 Å². The number of nitrogens with zero attached hydrogens (tertiary/aromatic N) is 2. The van der Waals surface area contributed by atoms with E-state index in [0.717, 1.165) is 4.90 Å². The third kappa shape index (κ3) is 2.29. The van der Waals surface area contributed by atoms with E-state index in [2.05, 4.69) is 0 Å². The second-order valence-electron chi connectivity index (χ2n) is 7.74. The first kappa shape index (κ1) is 18.5. The van der Waals surface area contributed by atoms with Gasteiger partial charge in [-0.15, -0.1) is 0 Å². The maximum Gasteiger partial charge on any atom is 0.471 e. The van der Waals surface area contributed by atoms with E-state index in [0.29, 0.717) is 5.56 Å². The van der Waals surface area contributed by atoms with E-state index in [1.807, 2.05) is 6.92 Å². The molecule has 0 saturated carbocycles. The maximum atomic E-state index is 13.0. The van der Waals surface area contributed by atoms with Gasteiger partial charge >= 0.3 is 17.8 Å². The molecule has 142 valence electrons. The van der Waals surface area contributed by atoms with Crippen LogP contribution >= 0.6 is 0 Å². The summed E-state index contributed by atoms with van der Waals surface area (Å²) >= 11 is 0. The Kier molecular flexibility index (Phi) is 3.79. The smallest absolute Gasteiger partial charge is 0.471 e. The minimum absolute atomic E-state index is 0.0554. The summed E-state index contributed by atoms with van der Waals surface area (Å²) in [6, 6.07) is 1.98. The molecule has 1 fully saturated rings. The lowest BCUT2D eigenvalue weighted by Gasteiger charge is -2.60. The van der Waals surface area contributed by atoms with Gasteiger partial charge in [0.15, 0.2) is 5.75 Å². The fraction of sp³-hybridized carbons (Fsp3) is 0.588. The zero-order valence-electron chi connectivity index (χ0n) is 14.6. The fourth-order valence-corrected chi connectivity index (χ4v) is 4.52. The van der Waals surface area contributed by atoms with Crippen molar-refractivity contribution in [2.24, 2.45) is 5.41 Å². The van der Waals surface area contributed by atoms with Crippen LogP contribution in [-0.4, -0.2) is 39.6 Å². The molecule has 0 unspecified atom stereocenters. The number of halogens is 3. The summed E-state index contributed by atoms with van der Waals surface area (Å²) in [5.74, 6) is -2.44. The number of rotatable bonds is 1. The largest absolute Gasteiger partial charge is 0.502 e. The van der Waals surface area contributed by atoms with Crippen LogP contribution in [0.5, 0.6) is 5.75 Å². The first-order valence-electron chi connectivity index (χ1n) is 8.20. The van der Waals surface area contributed by atoms with Crippen LogP contribution in [0.3, 0.4) is 0 Å². The summed E-state index contributed by atoms with van der Waals surface area (Å²) in [5.41, 5.74) is -0.868. The molecule has 1 saturated heterocycles. The number of hydrogen-bond donors (Lipinski definition) is 1. The molecule has 2 atom stereocenters. The third-order valence-corrected chi connectivity index (χ3v) is 6.44. The van der Waals surface area contributed by atoms with E-state index >= 15 is 0 Å². The lowest BCUT2D eigenvalue weighted by Crippen LogP contribution is -2.66. The summed E-state index contributed by atoms with van der Waals surface area (Å²) in [6.45, 7) is 5.42. The number of phenols is 1. The standard InChI is InChI=1S/C17H19F3N2O4/c1-15(2)12-8-9-10(4-5-11(13(9)23)22(25)26)16(15,3)6-7-21(12)14(24)17(18,19)20/h4-5,12,23H,6-8H2,1-3H3/t12-,16-/m0/s1. The average molecular weight is 372 g/mol. The van der Waals surface area contributed by atoms with E-state index in [1.54, 1.807) is 19.9 Å². The Morgan fingerprint density at radius 3 is 2.50 bits per heavy atom. The summed E-state index contributed by atoms with van der Waals surface area (Å²) in [6.07, 6.45) is -4.79. The van der Waals surface area contributed by atoms with E-state index in [1.165, 1.54) is 6.07 Å². The Morgan fingerprint density at radius 2 is 1.96 bits per heavy atom. The van der Waals surface area contributed by atoms with Crippen LogP contribution in [0.1, 0.15) is 38.3 Å². The third-order valence-electron chi connectivity index (χ3n) is 6.44. The van der Waals surface area contributed by atoms with Gasteiger partial charge in [0.2, 0.25) is 0 Å². The van der Waals surface area contributed by atoms with Crippen molar-refractivity contribution in [3.63, 3.8) is 0 Å². The lowest BCUT2D eigenvalue weighted by atomic mass is 9.51. The SMILES string of the molecule is CC1(C)[C@@H]2Cc3c(ccc([N+](=O)[O-])c3O)[C@]1(C)CCN2C(=O)C(F)(F)F. The molecule has 0 aromatic heterocycles. The normalized spacial score (nSPS) is 27.0. The Labute approximate surface area is 147 Å². The van der Waals surface area contributed by atoms with Gasteiger partial charge in [-0.25, -0.2) is 0 Å². The van der Waals surface area contributed by atoms with E-state index < -0.39 is 45.3 Å². The van der Waals surface area contributed by atoms with Crippen molar-refractivity contribution in [2.75, 3.05) is 6.54 Å². The zero-order chi connectivity index (χ0) is 19.7. The number of carbonyl (C=O) groups excluding carboxylic acids is 1. The summed E-state index contributed by atoms with van der Waals surface area (Å²) in [5, 5.41) is 21.5. The molecule has 0 spiro atoms. The van der Waals surface area contributed by atoms with Crippen LogP contribution in [-0.2, 0) is 16.6 Å². The molecule has 1 aromatic carbocycles. The number of piperidine rings is 1. The molecule has 0 radical (unpaired) electrons. The molecule has 3 rings (SSSR count). The molecule has 1 N–H and O–H groups in total. The zero-order valence-corrected chi connectivity index (χ0v) is 14.6. The van der Waals surface area contributed by atoms with Crippen molar-refractivity contribution in [1.29, 1.82) is 0 Å². The van der Waals surface area contributed by atoms with Crippen molar-refractivity contribution in [3.8, 4) is 5.75 Å². The number of fused-ring (bicyclic) bond motifs is 4. The predicted molar refractivity (Wildman–Crippen MR) is 85.8 cm³/mol. The molecule has 2 aliphatic rings. The van der Waals surface area contributed by atoms with Crippen LogP contribution in [0.15, 0.2) is 12.1 Å². The number of aromatic hydroxyl groups is 1. The number of alkyl halides is 3. The molecule has 9 heteroatoms. The number of nitro benzene ring substituents is 1. The first-order valence-corrected chi connectivity index (χ1v) is 8.20. The maximum absolute atomic E-state index is 13.0. The minimum atomic E-state index is -4.99. The molecule has 2 bridgehead atoms. The van der Waals surface area contributed by atoms with Crippen molar-refractivity contribution < 1.29 is 28.0 Å². The van der Waals surface area contributed by atoms with E-state index in [9.17, 15) is 33.2 Å². The number of phenolic OH excluding ortho intramolecular Hbond substituents is 1. The van der Waals surface area contributed by atoms with Gasteiger partial charge in [0.1, 0.15) is 0 Å². The first-order chi connectivity index (χ1) is 11.8. The molecule has 1 aliphatic heterocycles. The predicted octanol–water partition coefficient (Wildman–Crippen LogP) is 3.30. The van der Waals surface area contributed by atoms with Gasteiger partial charge in [-0.2, -0.15) is 13.2 Å². The Morgan fingerprint density at radius 1 is 1.35 bits per heavy atom. The highest BCUT2D eigenvalue weighted by Gasteiger charge is 2.60. The highest BCUT2D eigenvalue weighted by atomic mass is 19.4. The molecule has 1 heterocycles. The molecule has 1 aromatic rings. The van der Waals surface area contributed by atoms with Crippen LogP contribution < -0.4 is 0 Å². The number of hydrogen-bond acceptors (Lipinski definition) is 4. The summed E-state index contributed by atoms with van der Waals surface area (Å²) < 4.78 is 39.1. The van der Waals surface area contributed by atoms with Crippen molar-refractivity contribution in [3.05, 3.63) is 33.4 Å². The molecule has 1 amide bonds. The van der Waals surface area contributed by atoms with Crippen molar-refractivity contribution in [2.45, 2.75) is 51.2 Å².